The van der Waals surface area contributed by atoms with Crippen molar-refractivity contribution in [3.05, 3.63) is 64.1 Å². The van der Waals surface area contributed by atoms with Crippen LogP contribution in [0.2, 0.25) is 0 Å². The molecule has 3 aromatic rings. The average molecular weight is 473 g/mol. The lowest BCUT2D eigenvalue weighted by Gasteiger charge is -2.10. The molecule has 0 spiro atoms. The van der Waals surface area contributed by atoms with E-state index in [9.17, 15) is 8.78 Å². The van der Waals surface area contributed by atoms with E-state index in [2.05, 4.69) is 27.6 Å². The fraction of sp³-hybridized carbons (Fsp3) is 0.167. The number of aromatic nitrogens is 1. The van der Waals surface area contributed by atoms with E-state index in [1.165, 1.54) is 7.11 Å². The van der Waals surface area contributed by atoms with Gasteiger partial charge in [-0.1, -0.05) is 34.7 Å². The molecule has 0 atom stereocenters. The van der Waals surface area contributed by atoms with Crippen LogP contribution < -0.4 is 9.47 Å². The van der Waals surface area contributed by atoms with Gasteiger partial charge in [0.2, 0.25) is 0 Å². The monoisotopic (exact) mass is 473 g/mol. The largest absolute Gasteiger partial charge is 0.496 e. The highest BCUT2D eigenvalue weighted by Gasteiger charge is 2.12. The SMILES string of the molecule is COc1cc(F)c(F)cc1-c1ccc(OCc2nc(CI)cs2)cc1. The molecular formula is C18H14F2INO2S. The Morgan fingerprint density at radius 2 is 1.84 bits per heavy atom. The normalized spacial score (nSPS) is 10.7. The molecular weight excluding hydrogens is 459 g/mol. The van der Waals surface area contributed by atoms with E-state index in [0.29, 0.717) is 23.5 Å². The number of alkyl halides is 1. The van der Waals surface area contributed by atoms with Crippen LogP contribution in [0.5, 0.6) is 11.5 Å². The highest BCUT2D eigenvalue weighted by molar-refractivity contribution is 14.1. The quantitative estimate of drug-likeness (QED) is 0.345. The Kier molecular flexibility index (Phi) is 5.85. The standard InChI is InChI=1S/C18H14F2INO2S/c1-23-17-7-16(20)15(19)6-14(17)11-2-4-13(5-3-11)24-9-18-22-12(8-21)10-25-18/h2-7,10H,8-9H2,1H3. The summed E-state index contributed by atoms with van der Waals surface area (Å²) >= 11 is 3.84. The van der Waals surface area contributed by atoms with E-state index in [1.54, 1.807) is 35.6 Å². The Morgan fingerprint density at radius 1 is 1.12 bits per heavy atom. The molecule has 0 aliphatic carbocycles. The fourth-order valence-corrected chi connectivity index (χ4v) is 3.67. The van der Waals surface area contributed by atoms with Crippen molar-refractivity contribution in [2.45, 2.75) is 11.0 Å². The Bertz CT molecular complexity index is 868. The molecule has 0 saturated heterocycles. The van der Waals surface area contributed by atoms with E-state index in [4.69, 9.17) is 9.47 Å². The van der Waals surface area contributed by atoms with Crippen LogP contribution in [-0.4, -0.2) is 12.1 Å². The van der Waals surface area contributed by atoms with Gasteiger partial charge in [0, 0.05) is 21.4 Å². The maximum absolute atomic E-state index is 13.5. The van der Waals surface area contributed by atoms with Gasteiger partial charge in [-0.15, -0.1) is 11.3 Å². The van der Waals surface area contributed by atoms with Crippen molar-refractivity contribution in [2.24, 2.45) is 0 Å². The first-order valence-electron chi connectivity index (χ1n) is 7.36. The van der Waals surface area contributed by atoms with Crippen LogP contribution in [0.15, 0.2) is 41.8 Å². The second-order valence-electron chi connectivity index (χ2n) is 5.15. The topological polar surface area (TPSA) is 31.4 Å². The van der Waals surface area contributed by atoms with Crippen LogP contribution in [0.1, 0.15) is 10.7 Å². The molecule has 0 aliphatic rings. The van der Waals surface area contributed by atoms with Crippen molar-refractivity contribution in [3.8, 4) is 22.6 Å². The zero-order valence-electron chi connectivity index (χ0n) is 13.3. The molecule has 130 valence electrons. The highest BCUT2D eigenvalue weighted by atomic mass is 127. The number of nitrogens with zero attached hydrogens (tertiary/aromatic N) is 1. The summed E-state index contributed by atoms with van der Waals surface area (Å²) in [7, 11) is 1.42. The van der Waals surface area contributed by atoms with Crippen LogP contribution in [0, 0.1) is 11.6 Å². The van der Waals surface area contributed by atoms with E-state index in [0.717, 1.165) is 27.3 Å². The average Bonchev–Trinajstić information content (AvgIpc) is 3.10. The van der Waals surface area contributed by atoms with Crippen LogP contribution in [0.4, 0.5) is 8.78 Å². The molecule has 0 saturated carbocycles. The molecule has 0 fully saturated rings. The summed E-state index contributed by atoms with van der Waals surface area (Å²) in [4.78, 5) is 4.44. The zero-order chi connectivity index (χ0) is 17.8. The third-order valence-electron chi connectivity index (χ3n) is 3.51. The van der Waals surface area contributed by atoms with Gasteiger partial charge in [-0.05, 0) is 23.8 Å². The number of halogens is 3. The first-order valence-corrected chi connectivity index (χ1v) is 9.76. The van der Waals surface area contributed by atoms with Gasteiger partial charge in [-0.2, -0.15) is 0 Å². The zero-order valence-corrected chi connectivity index (χ0v) is 16.2. The molecule has 0 bridgehead atoms. The fourth-order valence-electron chi connectivity index (χ4n) is 2.28. The van der Waals surface area contributed by atoms with Crippen molar-refractivity contribution >= 4 is 33.9 Å². The van der Waals surface area contributed by atoms with Crippen LogP contribution >= 0.6 is 33.9 Å². The summed E-state index contributed by atoms with van der Waals surface area (Å²) in [6.07, 6.45) is 0. The minimum absolute atomic E-state index is 0.279. The van der Waals surface area contributed by atoms with E-state index >= 15 is 0 Å². The molecule has 3 nitrogen and oxygen atoms in total. The molecule has 0 N–H and O–H groups in total. The van der Waals surface area contributed by atoms with Crippen molar-refractivity contribution < 1.29 is 18.3 Å². The lowest BCUT2D eigenvalue weighted by molar-refractivity contribution is 0.305. The summed E-state index contributed by atoms with van der Waals surface area (Å²) in [6.45, 7) is 0.398. The predicted octanol–water partition coefficient (Wildman–Crippen LogP) is 5.61. The van der Waals surface area contributed by atoms with Crippen molar-refractivity contribution in [1.82, 2.24) is 4.98 Å². The van der Waals surface area contributed by atoms with Crippen LogP contribution in [0.25, 0.3) is 11.1 Å². The van der Waals surface area contributed by atoms with Crippen LogP contribution in [-0.2, 0) is 11.0 Å². The Balaban J connectivity index is 1.75. The number of hydrogen-bond acceptors (Lipinski definition) is 4. The molecule has 25 heavy (non-hydrogen) atoms. The molecule has 0 amide bonds. The maximum Gasteiger partial charge on any atom is 0.162 e. The van der Waals surface area contributed by atoms with E-state index in [-0.39, 0.29) is 5.75 Å². The summed E-state index contributed by atoms with van der Waals surface area (Å²) < 4.78 is 38.6. The van der Waals surface area contributed by atoms with Crippen molar-refractivity contribution in [2.75, 3.05) is 7.11 Å². The van der Waals surface area contributed by atoms with Gasteiger partial charge in [0.1, 0.15) is 23.1 Å². The van der Waals surface area contributed by atoms with E-state index < -0.39 is 11.6 Å². The summed E-state index contributed by atoms with van der Waals surface area (Å²) in [5.41, 5.74) is 2.24. The molecule has 0 aliphatic heterocycles. The molecule has 0 radical (unpaired) electrons. The lowest BCUT2D eigenvalue weighted by Crippen LogP contribution is -1.96. The summed E-state index contributed by atoms with van der Waals surface area (Å²) in [5, 5.41) is 2.93. The lowest BCUT2D eigenvalue weighted by atomic mass is 10.0. The molecule has 0 unspecified atom stereocenters. The second kappa shape index (κ2) is 8.09. The Hall–Kier alpha value is -1.74. The summed E-state index contributed by atoms with van der Waals surface area (Å²) in [6, 6.07) is 9.30. The van der Waals surface area contributed by atoms with Gasteiger partial charge in [0.05, 0.1) is 12.8 Å². The van der Waals surface area contributed by atoms with Crippen LogP contribution in [0.3, 0.4) is 0 Å². The van der Waals surface area contributed by atoms with Crippen molar-refractivity contribution in [3.63, 3.8) is 0 Å². The van der Waals surface area contributed by atoms with E-state index in [1.807, 2.05) is 5.38 Å². The first kappa shape index (κ1) is 18.1. The minimum Gasteiger partial charge on any atom is -0.496 e. The highest BCUT2D eigenvalue weighted by Crippen LogP contribution is 2.33. The number of ether oxygens (including phenoxy) is 2. The Labute approximate surface area is 161 Å². The molecule has 1 aromatic heterocycles. The molecule has 2 aromatic carbocycles. The Morgan fingerprint density at radius 3 is 2.48 bits per heavy atom. The number of benzene rings is 2. The maximum atomic E-state index is 13.5. The molecule has 7 heteroatoms. The van der Waals surface area contributed by atoms with Crippen molar-refractivity contribution in [1.29, 1.82) is 0 Å². The van der Waals surface area contributed by atoms with Gasteiger partial charge in [-0.3, -0.25) is 0 Å². The molecule has 3 rings (SSSR count). The predicted molar refractivity (Wildman–Crippen MR) is 103 cm³/mol. The number of methoxy groups -OCH3 is 1. The summed E-state index contributed by atoms with van der Waals surface area (Å²) in [5.74, 6) is -0.890. The number of rotatable bonds is 6. The van der Waals surface area contributed by atoms with Gasteiger partial charge in [-0.25, -0.2) is 13.8 Å². The van der Waals surface area contributed by atoms with Gasteiger partial charge >= 0.3 is 0 Å². The van der Waals surface area contributed by atoms with Gasteiger partial charge < -0.3 is 9.47 Å². The third-order valence-corrected chi connectivity index (χ3v) is 5.16. The molecule has 1 heterocycles. The second-order valence-corrected chi connectivity index (χ2v) is 6.85. The number of thiazole rings is 1. The third kappa shape index (κ3) is 4.27. The van der Waals surface area contributed by atoms with Gasteiger partial charge in [0.15, 0.2) is 11.6 Å². The van der Waals surface area contributed by atoms with Gasteiger partial charge in [0.25, 0.3) is 0 Å². The number of hydrogen-bond donors (Lipinski definition) is 0. The first-order chi connectivity index (χ1) is 12.1. The minimum atomic E-state index is -0.935. The smallest absolute Gasteiger partial charge is 0.162 e.